The van der Waals surface area contributed by atoms with Crippen LogP contribution >= 0.6 is 0 Å². The molecule has 0 radical (unpaired) electrons. The lowest BCUT2D eigenvalue weighted by Gasteiger charge is -2.24. The van der Waals surface area contributed by atoms with Crippen LogP contribution in [-0.2, 0) is 21.4 Å². The van der Waals surface area contributed by atoms with Crippen LogP contribution in [0, 0.1) is 6.92 Å². The van der Waals surface area contributed by atoms with Crippen LogP contribution in [-0.4, -0.2) is 25.9 Å². The number of anilines is 1. The first-order valence-electron chi connectivity index (χ1n) is 8.77. The summed E-state index contributed by atoms with van der Waals surface area (Å²) in [4.78, 5) is 16.6. The molecule has 2 aromatic carbocycles. The number of rotatable bonds is 7. The van der Waals surface area contributed by atoms with Gasteiger partial charge in [-0.2, -0.15) is 0 Å². The van der Waals surface area contributed by atoms with E-state index in [9.17, 15) is 13.2 Å². The molecule has 0 spiro atoms. The highest BCUT2D eigenvalue weighted by molar-refractivity contribution is 7.92. The molecule has 144 valence electrons. The molecule has 0 aliphatic heterocycles. The number of carbonyl (C=O) groups excluding carboxylic acids is 1. The maximum absolute atomic E-state index is 13.2. The first-order valence-corrected chi connectivity index (χ1v) is 10.2. The van der Waals surface area contributed by atoms with Crippen molar-refractivity contribution < 1.29 is 13.2 Å². The lowest BCUT2D eigenvalue weighted by Crippen LogP contribution is -2.40. The predicted molar refractivity (Wildman–Crippen MR) is 108 cm³/mol. The number of amides is 1. The fraction of sp³-hybridized carbons (Fsp3) is 0.143. The minimum Gasteiger partial charge on any atom is -0.350 e. The number of nitrogens with zero attached hydrogens (tertiary/aromatic N) is 2. The quantitative estimate of drug-likeness (QED) is 0.667. The average molecular weight is 395 g/mol. The summed E-state index contributed by atoms with van der Waals surface area (Å²) in [6.07, 6.45) is 3.30. The van der Waals surface area contributed by atoms with Crippen LogP contribution in [0.1, 0.15) is 11.1 Å². The first-order chi connectivity index (χ1) is 13.5. The number of pyridine rings is 1. The molecule has 0 unspecified atom stereocenters. The molecule has 0 saturated carbocycles. The van der Waals surface area contributed by atoms with E-state index in [1.54, 1.807) is 73.1 Å². The molecule has 3 aromatic rings. The Hall–Kier alpha value is -3.19. The van der Waals surface area contributed by atoms with E-state index in [2.05, 4.69) is 10.3 Å². The molecule has 1 aromatic heterocycles. The summed E-state index contributed by atoms with van der Waals surface area (Å²) in [6.45, 7) is 1.84. The summed E-state index contributed by atoms with van der Waals surface area (Å²) in [6, 6.07) is 18.8. The normalized spacial score (nSPS) is 11.0. The van der Waals surface area contributed by atoms with Gasteiger partial charge in [0.1, 0.15) is 6.54 Å². The molecule has 0 atom stereocenters. The molecular formula is C21H21N3O3S. The summed E-state index contributed by atoms with van der Waals surface area (Å²) in [5.41, 5.74) is 2.22. The van der Waals surface area contributed by atoms with Gasteiger partial charge in [-0.05, 0) is 42.8 Å². The van der Waals surface area contributed by atoms with E-state index in [-0.39, 0.29) is 18.0 Å². The highest BCUT2D eigenvalue weighted by atomic mass is 32.2. The Morgan fingerprint density at radius 2 is 1.71 bits per heavy atom. The Labute approximate surface area is 164 Å². The van der Waals surface area contributed by atoms with Crippen molar-refractivity contribution in [3.05, 3.63) is 90.3 Å². The maximum Gasteiger partial charge on any atom is 0.264 e. The van der Waals surface area contributed by atoms with Crippen LogP contribution in [0.4, 0.5) is 5.69 Å². The fourth-order valence-corrected chi connectivity index (χ4v) is 4.06. The zero-order valence-electron chi connectivity index (χ0n) is 15.4. The minimum absolute atomic E-state index is 0.141. The predicted octanol–water partition coefficient (Wildman–Crippen LogP) is 2.90. The Kier molecular flexibility index (Phi) is 6.06. The van der Waals surface area contributed by atoms with E-state index in [0.29, 0.717) is 5.69 Å². The molecule has 0 saturated heterocycles. The van der Waals surface area contributed by atoms with E-state index in [1.807, 2.05) is 13.0 Å². The van der Waals surface area contributed by atoms with Crippen molar-refractivity contribution in [1.82, 2.24) is 10.3 Å². The number of para-hydroxylation sites is 1. The molecule has 1 amide bonds. The number of aryl methyl sites for hydroxylation is 1. The van der Waals surface area contributed by atoms with Crippen molar-refractivity contribution in [2.75, 3.05) is 10.8 Å². The molecule has 28 heavy (non-hydrogen) atoms. The van der Waals surface area contributed by atoms with Gasteiger partial charge in [0.25, 0.3) is 10.0 Å². The molecule has 1 N–H and O–H groups in total. The van der Waals surface area contributed by atoms with Gasteiger partial charge in [0, 0.05) is 18.9 Å². The van der Waals surface area contributed by atoms with E-state index >= 15 is 0 Å². The third kappa shape index (κ3) is 4.75. The fourth-order valence-electron chi connectivity index (χ4n) is 2.64. The second-order valence-electron chi connectivity index (χ2n) is 6.30. The standard InChI is InChI=1S/C21H21N3O3S/c1-17-9-11-20(12-10-17)28(26,27)24(19-7-3-2-4-8-19)16-21(25)23-15-18-6-5-13-22-14-18/h2-14H,15-16H2,1H3,(H,23,25). The summed E-state index contributed by atoms with van der Waals surface area (Å²) in [5.74, 6) is -0.400. The van der Waals surface area contributed by atoms with Gasteiger partial charge >= 0.3 is 0 Å². The van der Waals surface area contributed by atoms with Crippen LogP contribution in [0.2, 0.25) is 0 Å². The Morgan fingerprint density at radius 1 is 1.00 bits per heavy atom. The number of aromatic nitrogens is 1. The highest BCUT2D eigenvalue weighted by Crippen LogP contribution is 2.23. The Bertz CT molecular complexity index is 1020. The number of carbonyl (C=O) groups is 1. The van der Waals surface area contributed by atoms with Gasteiger partial charge in [0.05, 0.1) is 10.6 Å². The zero-order chi connectivity index (χ0) is 20.0. The molecule has 3 rings (SSSR count). The number of nitrogens with one attached hydrogen (secondary N) is 1. The average Bonchev–Trinajstić information content (AvgIpc) is 2.72. The highest BCUT2D eigenvalue weighted by Gasteiger charge is 2.26. The first kappa shape index (κ1) is 19.6. The van der Waals surface area contributed by atoms with Crippen molar-refractivity contribution >= 4 is 21.6 Å². The second kappa shape index (κ2) is 8.67. The largest absolute Gasteiger partial charge is 0.350 e. The number of sulfonamides is 1. The molecule has 6 nitrogen and oxygen atoms in total. The third-order valence-corrected chi connectivity index (χ3v) is 5.94. The molecule has 0 aliphatic carbocycles. The minimum atomic E-state index is -3.89. The molecule has 0 bridgehead atoms. The summed E-state index contributed by atoms with van der Waals surface area (Å²) >= 11 is 0. The molecule has 7 heteroatoms. The zero-order valence-corrected chi connectivity index (χ0v) is 16.3. The van der Waals surface area contributed by atoms with Crippen molar-refractivity contribution in [3.63, 3.8) is 0 Å². The second-order valence-corrected chi connectivity index (χ2v) is 8.16. The van der Waals surface area contributed by atoms with Crippen LogP contribution in [0.15, 0.2) is 84.0 Å². The topological polar surface area (TPSA) is 79.4 Å². The van der Waals surface area contributed by atoms with Gasteiger partial charge < -0.3 is 5.32 Å². The van der Waals surface area contributed by atoms with E-state index < -0.39 is 15.9 Å². The molecule has 0 fully saturated rings. The molecule has 0 aliphatic rings. The van der Waals surface area contributed by atoms with Crippen LogP contribution in [0.5, 0.6) is 0 Å². The van der Waals surface area contributed by atoms with E-state index in [4.69, 9.17) is 0 Å². The smallest absolute Gasteiger partial charge is 0.264 e. The lowest BCUT2D eigenvalue weighted by molar-refractivity contribution is -0.119. The summed E-state index contributed by atoms with van der Waals surface area (Å²) in [7, 11) is -3.89. The number of hydrogen-bond donors (Lipinski definition) is 1. The lowest BCUT2D eigenvalue weighted by atomic mass is 10.2. The molecular weight excluding hydrogens is 374 g/mol. The van der Waals surface area contributed by atoms with Crippen molar-refractivity contribution in [3.8, 4) is 0 Å². The van der Waals surface area contributed by atoms with Gasteiger partial charge in [0.2, 0.25) is 5.91 Å². The Morgan fingerprint density at radius 3 is 2.36 bits per heavy atom. The van der Waals surface area contributed by atoms with Gasteiger partial charge in [-0.15, -0.1) is 0 Å². The van der Waals surface area contributed by atoms with Crippen LogP contribution in [0.3, 0.4) is 0 Å². The van der Waals surface area contributed by atoms with Gasteiger partial charge in [-0.25, -0.2) is 8.42 Å². The van der Waals surface area contributed by atoms with Crippen LogP contribution < -0.4 is 9.62 Å². The molecule has 1 heterocycles. The van der Waals surface area contributed by atoms with Gasteiger partial charge in [0.15, 0.2) is 0 Å². The van der Waals surface area contributed by atoms with Gasteiger partial charge in [-0.3, -0.25) is 14.1 Å². The maximum atomic E-state index is 13.2. The number of benzene rings is 2. The number of hydrogen-bond acceptors (Lipinski definition) is 4. The summed E-state index contributed by atoms with van der Waals surface area (Å²) < 4.78 is 27.5. The van der Waals surface area contributed by atoms with Crippen molar-refractivity contribution in [1.29, 1.82) is 0 Å². The van der Waals surface area contributed by atoms with Gasteiger partial charge in [-0.1, -0.05) is 42.0 Å². The Balaban J connectivity index is 1.83. The van der Waals surface area contributed by atoms with E-state index in [0.717, 1.165) is 15.4 Å². The van der Waals surface area contributed by atoms with E-state index in [1.165, 1.54) is 0 Å². The van der Waals surface area contributed by atoms with Crippen LogP contribution in [0.25, 0.3) is 0 Å². The van der Waals surface area contributed by atoms with Crippen molar-refractivity contribution in [2.45, 2.75) is 18.4 Å². The third-order valence-electron chi connectivity index (χ3n) is 4.15. The SMILES string of the molecule is Cc1ccc(S(=O)(=O)N(CC(=O)NCc2cccnc2)c2ccccc2)cc1. The summed E-state index contributed by atoms with van der Waals surface area (Å²) in [5, 5.41) is 2.75. The van der Waals surface area contributed by atoms with Crippen molar-refractivity contribution in [2.24, 2.45) is 0 Å². The monoisotopic (exact) mass is 395 g/mol.